The number of carbonyl (C=O) groups excluding carboxylic acids is 1. The number of amides is 1. The van der Waals surface area contributed by atoms with Gasteiger partial charge >= 0.3 is 0 Å². The standard InChI is InChI=1S/C26H33NO4/c1-3-8-20(4-2)19-29-16-14-27-26(28)25-18-22-17-23(11-12-24(22)31-25)30-15-13-21-9-6-5-7-10-21/h3-4,8,11-12,17-18,21H,1-2,5-7,9-10,13-16,19H2,(H,27,28)/b20-8+. The van der Waals surface area contributed by atoms with Gasteiger partial charge in [0.05, 0.1) is 19.8 Å². The Kier molecular flexibility index (Phi) is 8.98. The van der Waals surface area contributed by atoms with Gasteiger partial charge in [-0.15, -0.1) is 0 Å². The molecule has 0 unspecified atom stereocenters. The fraction of sp³-hybridized carbons (Fsp3) is 0.423. The van der Waals surface area contributed by atoms with Gasteiger partial charge in [-0.2, -0.15) is 0 Å². The van der Waals surface area contributed by atoms with E-state index in [0.29, 0.717) is 25.3 Å². The highest BCUT2D eigenvalue weighted by atomic mass is 16.5. The van der Waals surface area contributed by atoms with E-state index in [1.807, 2.05) is 24.3 Å². The third kappa shape index (κ3) is 7.14. The number of nitrogens with one attached hydrogen (secondary N) is 1. The van der Waals surface area contributed by atoms with E-state index < -0.39 is 0 Å². The minimum atomic E-state index is -0.259. The summed E-state index contributed by atoms with van der Waals surface area (Å²) in [6, 6.07) is 7.44. The third-order valence-corrected chi connectivity index (χ3v) is 5.63. The molecule has 3 rings (SSSR count). The van der Waals surface area contributed by atoms with Crippen LogP contribution in [0.3, 0.4) is 0 Å². The quantitative estimate of drug-likeness (QED) is 0.345. The molecule has 0 saturated heterocycles. The second-order valence-electron chi connectivity index (χ2n) is 7.94. The largest absolute Gasteiger partial charge is 0.494 e. The number of fused-ring (bicyclic) bond motifs is 1. The van der Waals surface area contributed by atoms with Gasteiger partial charge in [-0.25, -0.2) is 0 Å². The molecule has 1 heterocycles. The molecule has 5 heteroatoms. The number of hydrogen-bond donors (Lipinski definition) is 1. The molecule has 1 aromatic carbocycles. The minimum absolute atomic E-state index is 0.259. The lowest BCUT2D eigenvalue weighted by Gasteiger charge is -2.21. The van der Waals surface area contributed by atoms with Crippen LogP contribution < -0.4 is 10.1 Å². The molecule has 0 bridgehead atoms. The van der Waals surface area contributed by atoms with E-state index in [1.165, 1.54) is 32.1 Å². The van der Waals surface area contributed by atoms with Gasteiger partial charge < -0.3 is 19.2 Å². The number of carbonyl (C=O) groups is 1. The molecule has 0 aliphatic heterocycles. The van der Waals surface area contributed by atoms with E-state index in [2.05, 4.69) is 18.5 Å². The van der Waals surface area contributed by atoms with Gasteiger partial charge in [0.25, 0.3) is 5.91 Å². The SMILES string of the molecule is C=C/C=C(\C=C)COCCNC(=O)c1cc2cc(OCCC3CCCCC3)ccc2o1. The molecule has 0 atom stereocenters. The molecular weight excluding hydrogens is 390 g/mol. The van der Waals surface area contributed by atoms with Crippen molar-refractivity contribution in [3.63, 3.8) is 0 Å². The average Bonchev–Trinajstić information content (AvgIpc) is 3.22. The minimum Gasteiger partial charge on any atom is -0.494 e. The van der Waals surface area contributed by atoms with Crippen LogP contribution in [0.5, 0.6) is 5.75 Å². The Hall–Kier alpha value is -2.79. The lowest BCUT2D eigenvalue weighted by atomic mass is 9.87. The molecule has 2 aromatic rings. The van der Waals surface area contributed by atoms with Crippen LogP contribution in [0.25, 0.3) is 11.0 Å². The number of allylic oxidation sites excluding steroid dienone is 2. The lowest BCUT2D eigenvalue weighted by molar-refractivity contribution is 0.0902. The highest BCUT2D eigenvalue weighted by Gasteiger charge is 2.14. The molecule has 5 nitrogen and oxygen atoms in total. The van der Waals surface area contributed by atoms with Crippen molar-refractivity contribution in [3.05, 3.63) is 67.0 Å². The number of hydrogen-bond acceptors (Lipinski definition) is 4. The summed E-state index contributed by atoms with van der Waals surface area (Å²) in [6.07, 6.45) is 13.1. The van der Waals surface area contributed by atoms with Crippen LogP contribution in [-0.4, -0.2) is 32.3 Å². The molecule has 1 N–H and O–H groups in total. The Balaban J connectivity index is 1.44. The average molecular weight is 424 g/mol. The van der Waals surface area contributed by atoms with Gasteiger partial charge in [-0.1, -0.05) is 63.5 Å². The molecule has 31 heavy (non-hydrogen) atoms. The van der Waals surface area contributed by atoms with Crippen molar-refractivity contribution in [2.45, 2.75) is 38.5 Å². The van der Waals surface area contributed by atoms with Crippen molar-refractivity contribution in [2.24, 2.45) is 5.92 Å². The van der Waals surface area contributed by atoms with Gasteiger partial charge in [0.2, 0.25) is 0 Å². The summed E-state index contributed by atoms with van der Waals surface area (Å²) in [5, 5.41) is 3.68. The predicted octanol–water partition coefficient (Wildman–Crippen LogP) is 5.83. The van der Waals surface area contributed by atoms with Crippen molar-refractivity contribution in [1.29, 1.82) is 0 Å². The molecule has 1 saturated carbocycles. The van der Waals surface area contributed by atoms with E-state index >= 15 is 0 Å². The van der Waals surface area contributed by atoms with E-state index in [4.69, 9.17) is 13.9 Å². The zero-order chi connectivity index (χ0) is 21.9. The number of furan rings is 1. The summed E-state index contributed by atoms with van der Waals surface area (Å²) in [6.45, 7) is 9.33. The van der Waals surface area contributed by atoms with Gasteiger partial charge in [0.1, 0.15) is 11.3 Å². The van der Waals surface area contributed by atoms with Gasteiger partial charge in [-0.05, 0) is 42.2 Å². The molecule has 1 fully saturated rings. The second-order valence-corrected chi connectivity index (χ2v) is 7.94. The molecule has 166 valence electrons. The highest BCUT2D eigenvalue weighted by molar-refractivity contribution is 5.96. The fourth-order valence-electron chi connectivity index (χ4n) is 3.88. The van der Waals surface area contributed by atoms with Gasteiger partial charge in [-0.3, -0.25) is 4.79 Å². The summed E-state index contributed by atoms with van der Waals surface area (Å²) in [5.74, 6) is 1.64. The Labute approximate surface area is 184 Å². The van der Waals surface area contributed by atoms with E-state index in [-0.39, 0.29) is 11.7 Å². The maximum Gasteiger partial charge on any atom is 0.287 e. The molecule has 1 aromatic heterocycles. The van der Waals surface area contributed by atoms with Crippen LogP contribution in [0.1, 0.15) is 49.1 Å². The van der Waals surface area contributed by atoms with Crippen molar-refractivity contribution < 1.29 is 18.7 Å². The fourth-order valence-corrected chi connectivity index (χ4v) is 3.88. The maximum absolute atomic E-state index is 12.4. The van der Waals surface area contributed by atoms with Gasteiger partial charge in [0, 0.05) is 11.9 Å². The van der Waals surface area contributed by atoms with Crippen LogP contribution in [0, 0.1) is 5.92 Å². The molecule has 1 aliphatic rings. The Morgan fingerprint density at radius 1 is 1.16 bits per heavy atom. The molecule has 0 spiro atoms. The van der Waals surface area contributed by atoms with Crippen LogP contribution >= 0.6 is 0 Å². The summed E-state index contributed by atoms with van der Waals surface area (Å²) < 4.78 is 17.2. The van der Waals surface area contributed by atoms with Crippen LogP contribution in [-0.2, 0) is 4.74 Å². The normalized spacial score (nSPS) is 15.0. The van der Waals surface area contributed by atoms with E-state index in [0.717, 1.165) is 35.7 Å². The maximum atomic E-state index is 12.4. The van der Waals surface area contributed by atoms with Crippen LogP contribution in [0.4, 0.5) is 0 Å². The summed E-state index contributed by atoms with van der Waals surface area (Å²) in [4.78, 5) is 12.4. The van der Waals surface area contributed by atoms with Crippen molar-refractivity contribution in [1.82, 2.24) is 5.32 Å². The number of benzene rings is 1. The number of rotatable bonds is 12. The zero-order valence-electron chi connectivity index (χ0n) is 18.2. The summed E-state index contributed by atoms with van der Waals surface area (Å²) >= 11 is 0. The van der Waals surface area contributed by atoms with Crippen molar-refractivity contribution in [2.75, 3.05) is 26.4 Å². The lowest BCUT2D eigenvalue weighted by Crippen LogP contribution is -2.27. The topological polar surface area (TPSA) is 60.7 Å². The summed E-state index contributed by atoms with van der Waals surface area (Å²) in [7, 11) is 0. The highest BCUT2D eigenvalue weighted by Crippen LogP contribution is 2.28. The van der Waals surface area contributed by atoms with Crippen molar-refractivity contribution in [3.8, 4) is 5.75 Å². The zero-order valence-corrected chi connectivity index (χ0v) is 18.2. The van der Waals surface area contributed by atoms with E-state index in [9.17, 15) is 4.79 Å². The van der Waals surface area contributed by atoms with Gasteiger partial charge in [0.15, 0.2) is 5.76 Å². The first-order valence-corrected chi connectivity index (χ1v) is 11.2. The molecule has 1 aliphatic carbocycles. The first-order valence-electron chi connectivity index (χ1n) is 11.2. The third-order valence-electron chi connectivity index (χ3n) is 5.63. The second kappa shape index (κ2) is 12.2. The van der Waals surface area contributed by atoms with Crippen LogP contribution in [0.2, 0.25) is 0 Å². The first-order chi connectivity index (χ1) is 15.2. The molecular formula is C26H33NO4. The van der Waals surface area contributed by atoms with Crippen LogP contribution in [0.15, 0.2) is 65.6 Å². The Morgan fingerprint density at radius 2 is 2.00 bits per heavy atom. The number of ether oxygens (including phenoxy) is 2. The summed E-state index contributed by atoms with van der Waals surface area (Å²) in [5.41, 5.74) is 1.61. The molecule has 0 radical (unpaired) electrons. The smallest absolute Gasteiger partial charge is 0.287 e. The predicted molar refractivity (Wildman–Crippen MR) is 125 cm³/mol. The molecule has 1 amide bonds. The monoisotopic (exact) mass is 423 g/mol. The van der Waals surface area contributed by atoms with Crippen molar-refractivity contribution >= 4 is 16.9 Å². The van der Waals surface area contributed by atoms with E-state index in [1.54, 1.807) is 18.2 Å². The Bertz CT molecular complexity index is 905. The first kappa shape index (κ1) is 22.9. The Morgan fingerprint density at radius 3 is 2.77 bits per heavy atom.